The smallest absolute Gasteiger partial charge is 0.145 e. The fourth-order valence-electron chi connectivity index (χ4n) is 0.199. The van der Waals surface area contributed by atoms with Gasteiger partial charge in [0.1, 0.15) is 18.0 Å². The minimum absolute atomic E-state index is 0.104. The van der Waals surface area contributed by atoms with Crippen LogP contribution in [0.4, 0.5) is 0 Å². The molecule has 0 spiro atoms. The summed E-state index contributed by atoms with van der Waals surface area (Å²) in [7, 11) is 0. The van der Waals surface area contributed by atoms with Gasteiger partial charge in [0.05, 0.1) is 6.61 Å². The van der Waals surface area contributed by atoms with E-state index in [9.17, 15) is 0 Å². The Labute approximate surface area is 48.4 Å². The van der Waals surface area contributed by atoms with Gasteiger partial charge in [-0.3, -0.25) is 0 Å². The highest BCUT2D eigenvalue weighted by Crippen LogP contribution is 1.80. The van der Waals surface area contributed by atoms with Gasteiger partial charge in [-0.1, -0.05) is 0 Å². The summed E-state index contributed by atoms with van der Waals surface area (Å²) in [5, 5.41) is 8.04. The van der Waals surface area contributed by atoms with Crippen LogP contribution >= 0.6 is 0 Å². The lowest BCUT2D eigenvalue weighted by atomic mass is 10.6. The van der Waals surface area contributed by atoms with Crippen LogP contribution < -0.4 is 5.73 Å². The highest BCUT2D eigenvalue weighted by atomic mass is 16.5. The Morgan fingerprint density at radius 1 is 2.00 bits per heavy atom. The average molecular weight is 112 g/mol. The van der Waals surface area contributed by atoms with Crippen LogP contribution in [0.15, 0.2) is 12.0 Å². The summed E-state index contributed by atoms with van der Waals surface area (Å²) in [5.41, 5.74) is 5.14. The second kappa shape index (κ2) is 4.00. The van der Waals surface area contributed by atoms with Gasteiger partial charge in [0.15, 0.2) is 0 Å². The number of allylic oxidation sites excluding steroid dienone is 1. The first kappa shape index (κ1) is 6.83. The van der Waals surface area contributed by atoms with E-state index in [4.69, 9.17) is 11.0 Å². The number of hydrogen-bond acceptors (Lipinski definition) is 3. The molecule has 3 heteroatoms. The number of nitrogens with zero attached hydrogens (tertiary/aromatic N) is 1. The van der Waals surface area contributed by atoms with Crippen molar-refractivity contribution < 1.29 is 4.74 Å². The molecule has 0 saturated heterocycles. The Morgan fingerprint density at radius 2 is 2.62 bits per heavy atom. The number of ether oxygens (including phenoxy) is 1. The van der Waals surface area contributed by atoms with Gasteiger partial charge < -0.3 is 10.5 Å². The molecule has 0 unspecified atom stereocenters. The van der Waals surface area contributed by atoms with Crippen molar-refractivity contribution in [2.75, 3.05) is 6.61 Å². The van der Waals surface area contributed by atoms with Gasteiger partial charge in [-0.05, 0) is 6.92 Å². The molecule has 8 heavy (non-hydrogen) atoms. The van der Waals surface area contributed by atoms with Crippen molar-refractivity contribution in [2.45, 2.75) is 6.92 Å². The monoisotopic (exact) mass is 112 g/mol. The van der Waals surface area contributed by atoms with Crippen LogP contribution in [-0.4, -0.2) is 6.61 Å². The van der Waals surface area contributed by atoms with Crippen molar-refractivity contribution in [1.82, 2.24) is 0 Å². The third kappa shape index (κ3) is 3.04. The van der Waals surface area contributed by atoms with Gasteiger partial charge in [0.2, 0.25) is 0 Å². The summed E-state index contributed by atoms with van der Waals surface area (Å²) in [6.45, 7) is 2.36. The van der Waals surface area contributed by atoms with Crippen LogP contribution in [0.2, 0.25) is 0 Å². The molecular weight excluding hydrogens is 104 g/mol. The minimum Gasteiger partial charge on any atom is -0.499 e. The second-order valence-electron chi connectivity index (χ2n) is 1.14. The summed E-state index contributed by atoms with van der Waals surface area (Å²) >= 11 is 0. The van der Waals surface area contributed by atoms with Crippen molar-refractivity contribution in [1.29, 1.82) is 5.26 Å². The molecule has 0 amide bonds. The first-order valence-electron chi connectivity index (χ1n) is 2.28. The molecular formula is C5H8N2O. The number of hydrogen-bond donors (Lipinski definition) is 1. The molecule has 0 aromatic carbocycles. The molecule has 0 aromatic rings. The summed E-state index contributed by atoms with van der Waals surface area (Å²) in [6.07, 6.45) is 1.24. The van der Waals surface area contributed by atoms with E-state index in [0.29, 0.717) is 6.61 Å². The maximum absolute atomic E-state index is 8.04. The van der Waals surface area contributed by atoms with Crippen LogP contribution in [0.5, 0.6) is 0 Å². The number of nitriles is 1. The van der Waals surface area contributed by atoms with Crippen LogP contribution in [0.25, 0.3) is 0 Å². The van der Waals surface area contributed by atoms with E-state index in [0.717, 1.165) is 0 Å². The zero-order valence-electron chi connectivity index (χ0n) is 4.72. The van der Waals surface area contributed by atoms with Gasteiger partial charge in [0, 0.05) is 0 Å². The first-order valence-corrected chi connectivity index (χ1v) is 2.28. The average Bonchev–Trinajstić information content (AvgIpc) is 1.83. The first-order chi connectivity index (χ1) is 3.81. The molecule has 0 atom stereocenters. The Hall–Kier alpha value is -1.17. The Kier molecular flexibility index (Phi) is 3.42. The Morgan fingerprint density at radius 3 is 3.00 bits per heavy atom. The highest BCUT2D eigenvalue weighted by molar-refractivity contribution is 5.12. The van der Waals surface area contributed by atoms with E-state index in [1.54, 1.807) is 6.07 Å². The largest absolute Gasteiger partial charge is 0.499 e. The lowest BCUT2D eigenvalue weighted by molar-refractivity contribution is 0.267. The van der Waals surface area contributed by atoms with E-state index < -0.39 is 0 Å². The van der Waals surface area contributed by atoms with Gasteiger partial charge >= 0.3 is 0 Å². The zero-order chi connectivity index (χ0) is 6.41. The van der Waals surface area contributed by atoms with Gasteiger partial charge in [-0.15, -0.1) is 0 Å². The number of rotatable bonds is 2. The Balaban J connectivity index is 3.46. The van der Waals surface area contributed by atoms with Gasteiger partial charge in [-0.2, -0.15) is 5.26 Å². The van der Waals surface area contributed by atoms with Crippen molar-refractivity contribution in [2.24, 2.45) is 5.73 Å². The van der Waals surface area contributed by atoms with Crippen molar-refractivity contribution >= 4 is 0 Å². The normalized spacial score (nSPS) is 10.2. The fourth-order valence-corrected chi connectivity index (χ4v) is 0.199. The van der Waals surface area contributed by atoms with Crippen LogP contribution in [0.3, 0.4) is 0 Å². The maximum atomic E-state index is 8.04. The van der Waals surface area contributed by atoms with E-state index in [2.05, 4.69) is 4.74 Å². The van der Waals surface area contributed by atoms with Crippen LogP contribution in [0, 0.1) is 11.3 Å². The predicted octanol–water partition coefficient (Wildman–Crippen LogP) is 0.347. The standard InChI is InChI=1S/C5H8N2O/c1-2-8-4-5(7)3-6/h4H,2,7H2,1H3/b5-4-. The molecule has 0 saturated carbocycles. The van der Waals surface area contributed by atoms with Gasteiger partial charge in [0.25, 0.3) is 0 Å². The summed E-state index contributed by atoms with van der Waals surface area (Å²) in [5.74, 6) is 0. The summed E-state index contributed by atoms with van der Waals surface area (Å²) in [6, 6.07) is 1.71. The number of nitrogens with two attached hydrogens (primary N) is 1. The van der Waals surface area contributed by atoms with E-state index >= 15 is 0 Å². The van der Waals surface area contributed by atoms with Crippen molar-refractivity contribution in [3.8, 4) is 6.07 Å². The molecule has 3 nitrogen and oxygen atoms in total. The second-order valence-corrected chi connectivity index (χ2v) is 1.14. The van der Waals surface area contributed by atoms with Crippen LogP contribution in [-0.2, 0) is 4.74 Å². The maximum Gasteiger partial charge on any atom is 0.145 e. The summed E-state index contributed by atoms with van der Waals surface area (Å²) in [4.78, 5) is 0. The van der Waals surface area contributed by atoms with Crippen molar-refractivity contribution in [3.63, 3.8) is 0 Å². The molecule has 0 rings (SSSR count). The van der Waals surface area contributed by atoms with E-state index in [1.165, 1.54) is 6.26 Å². The van der Waals surface area contributed by atoms with Crippen molar-refractivity contribution in [3.05, 3.63) is 12.0 Å². The lowest BCUT2D eigenvalue weighted by Crippen LogP contribution is -1.93. The molecule has 0 fully saturated rings. The predicted molar refractivity (Wildman–Crippen MR) is 29.5 cm³/mol. The molecule has 0 aliphatic heterocycles. The molecule has 0 aliphatic rings. The highest BCUT2D eigenvalue weighted by Gasteiger charge is 1.79. The van der Waals surface area contributed by atoms with E-state index in [-0.39, 0.29) is 5.70 Å². The fraction of sp³-hybridized carbons (Fsp3) is 0.400. The molecule has 0 heterocycles. The molecule has 2 N–H and O–H groups in total. The molecule has 0 radical (unpaired) electrons. The lowest BCUT2D eigenvalue weighted by Gasteiger charge is -1.90. The third-order valence-electron chi connectivity index (χ3n) is 0.506. The quantitative estimate of drug-likeness (QED) is 0.414. The molecule has 0 bridgehead atoms. The zero-order valence-corrected chi connectivity index (χ0v) is 4.72. The minimum atomic E-state index is 0.104. The molecule has 0 aromatic heterocycles. The molecule has 0 aliphatic carbocycles. The van der Waals surface area contributed by atoms with Crippen LogP contribution in [0.1, 0.15) is 6.92 Å². The topological polar surface area (TPSA) is 59.0 Å². The molecule has 44 valence electrons. The summed E-state index contributed by atoms with van der Waals surface area (Å²) < 4.78 is 4.68. The van der Waals surface area contributed by atoms with Gasteiger partial charge in [-0.25, -0.2) is 0 Å². The Bertz CT molecular complexity index is 123. The third-order valence-corrected chi connectivity index (χ3v) is 0.506. The van der Waals surface area contributed by atoms with E-state index in [1.807, 2.05) is 6.92 Å². The SMILES string of the molecule is CCO/C=C(\N)C#N.